The van der Waals surface area contributed by atoms with E-state index in [0.717, 1.165) is 83.5 Å². The second-order valence-electron chi connectivity index (χ2n) is 24.0. The van der Waals surface area contributed by atoms with Gasteiger partial charge in [-0.05, 0) is 96.0 Å². The molecule has 2 N–H and O–H groups in total. The largest absolute Gasteiger partial charge is 0.472 e. The number of hydrogen-bond acceptors (Lipinski definition) is 6. The molecule has 0 radical (unpaired) electrons. The number of ether oxygens (including phenoxy) is 1. The molecule has 79 heavy (non-hydrogen) atoms. The number of nitrogens with one attached hydrogen (secondary N) is 1. The minimum Gasteiger partial charge on any atom is -0.456 e. The topological polar surface area (TPSA) is 111 Å². The average Bonchev–Trinajstić information content (AvgIpc) is 3.41. The number of unbranched alkanes of at least 4 members (excludes halogenated alkanes) is 37. The number of rotatable bonds is 61. The van der Waals surface area contributed by atoms with Gasteiger partial charge in [-0.15, -0.1) is 0 Å². The molecule has 0 saturated heterocycles. The molecule has 0 fully saturated rings. The number of amides is 1. The van der Waals surface area contributed by atoms with Crippen molar-refractivity contribution in [1.82, 2.24) is 5.32 Å². The van der Waals surface area contributed by atoms with Crippen LogP contribution in [-0.4, -0.2) is 74.3 Å². The molecule has 0 aliphatic rings. The zero-order valence-corrected chi connectivity index (χ0v) is 53.8. The van der Waals surface area contributed by atoms with Crippen molar-refractivity contribution in [2.24, 2.45) is 0 Å². The fourth-order valence-corrected chi connectivity index (χ4v) is 10.4. The summed E-state index contributed by atoms with van der Waals surface area (Å²) in [5.41, 5.74) is 0. The number of carbonyl (C=O) groups is 2. The normalized spacial score (nSPS) is 14.0. The van der Waals surface area contributed by atoms with Crippen molar-refractivity contribution >= 4 is 19.7 Å². The van der Waals surface area contributed by atoms with E-state index in [-0.39, 0.29) is 31.5 Å². The van der Waals surface area contributed by atoms with Gasteiger partial charge < -0.3 is 19.4 Å². The number of likely N-dealkylation sites (N-methyl/N-ethyl adjacent to an activating group) is 1. The number of carbonyl (C=O) groups excluding carboxylic acids is 2. The highest BCUT2D eigenvalue weighted by molar-refractivity contribution is 7.47. The van der Waals surface area contributed by atoms with E-state index in [2.05, 4.69) is 74.7 Å². The molecular formula is C69H130N2O7P+. The summed E-state index contributed by atoms with van der Waals surface area (Å²) in [5.74, 6) is -0.511. The van der Waals surface area contributed by atoms with Crippen LogP contribution < -0.4 is 5.32 Å². The van der Waals surface area contributed by atoms with Crippen LogP contribution in [0.4, 0.5) is 0 Å². The summed E-state index contributed by atoms with van der Waals surface area (Å²) >= 11 is 0. The zero-order valence-electron chi connectivity index (χ0n) is 52.9. The van der Waals surface area contributed by atoms with Gasteiger partial charge in [0, 0.05) is 12.8 Å². The number of phosphoric acid groups is 1. The summed E-state index contributed by atoms with van der Waals surface area (Å²) < 4.78 is 30.7. The number of quaternary nitrogens is 1. The van der Waals surface area contributed by atoms with Crippen molar-refractivity contribution in [1.29, 1.82) is 0 Å². The highest BCUT2D eigenvalue weighted by Crippen LogP contribution is 2.43. The second kappa shape index (κ2) is 58.9. The third-order valence-electron chi connectivity index (χ3n) is 14.9. The smallest absolute Gasteiger partial charge is 0.456 e. The van der Waals surface area contributed by atoms with Gasteiger partial charge in [0.2, 0.25) is 5.91 Å². The lowest BCUT2D eigenvalue weighted by molar-refractivity contribution is -0.870. The standard InChI is InChI=1S/C69H129N2O7P/c1-7-10-13-16-19-22-25-27-29-31-33-34-35-36-38-39-41-43-46-49-52-55-58-61-68(72)70-66(65-77-79(74,75)76-64-63-71(4,5)6)67(60-57-54-51-48-45-24-21-18-15-12-9-3)78-69(73)62-59-56-53-50-47-44-42-40-37-32-30-28-26-23-20-17-14-11-8-2/h20,23,27-30,37,40,57,60,66-67H,7-19,21-22,24-26,31-36,38-39,41-56,58-59,61-65H2,1-6H3,(H-,70,72,74,75)/p+1/b23-20-,29-27+,30-28-,40-37-,60-57-. The summed E-state index contributed by atoms with van der Waals surface area (Å²) in [6.45, 7) is 7.00. The molecule has 0 spiro atoms. The maximum absolute atomic E-state index is 13.6. The number of esters is 1. The first kappa shape index (κ1) is 76.7. The molecule has 3 atom stereocenters. The highest BCUT2D eigenvalue weighted by atomic mass is 31.2. The van der Waals surface area contributed by atoms with E-state index in [1.807, 2.05) is 33.3 Å². The minimum absolute atomic E-state index is 0.0375. The van der Waals surface area contributed by atoms with Crippen molar-refractivity contribution in [3.05, 3.63) is 60.8 Å². The van der Waals surface area contributed by atoms with Crippen LogP contribution in [0.1, 0.15) is 316 Å². The lowest BCUT2D eigenvalue weighted by atomic mass is 10.0. The summed E-state index contributed by atoms with van der Waals surface area (Å²) in [6, 6.07) is -0.854. The Morgan fingerprint density at radius 3 is 1.19 bits per heavy atom. The van der Waals surface area contributed by atoms with E-state index in [1.54, 1.807) is 0 Å². The highest BCUT2D eigenvalue weighted by Gasteiger charge is 2.30. The molecule has 0 aliphatic carbocycles. The van der Waals surface area contributed by atoms with Gasteiger partial charge in [0.25, 0.3) is 0 Å². The van der Waals surface area contributed by atoms with Gasteiger partial charge in [0.15, 0.2) is 0 Å². The Hall–Kier alpha value is -2.29. The van der Waals surface area contributed by atoms with Crippen molar-refractivity contribution in [3.63, 3.8) is 0 Å². The molecule has 0 aromatic rings. The van der Waals surface area contributed by atoms with Crippen LogP contribution in [0, 0.1) is 0 Å². The monoisotopic (exact) mass is 1130 g/mol. The third-order valence-corrected chi connectivity index (χ3v) is 15.9. The fourth-order valence-electron chi connectivity index (χ4n) is 9.71. The Kier molecular flexibility index (Phi) is 57.2. The van der Waals surface area contributed by atoms with Gasteiger partial charge >= 0.3 is 13.8 Å². The molecular weight excluding hydrogens is 1000 g/mol. The van der Waals surface area contributed by atoms with Gasteiger partial charge in [-0.1, -0.05) is 268 Å². The fraction of sp³-hybridized carbons (Fsp3) is 0.826. The molecule has 0 heterocycles. The van der Waals surface area contributed by atoms with Crippen LogP contribution in [0.15, 0.2) is 60.8 Å². The molecule has 1 amide bonds. The second-order valence-corrected chi connectivity index (χ2v) is 25.4. The molecule has 0 bridgehead atoms. The number of phosphoric ester groups is 1. The predicted molar refractivity (Wildman–Crippen MR) is 342 cm³/mol. The zero-order chi connectivity index (χ0) is 57.9. The van der Waals surface area contributed by atoms with Crippen molar-refractivity contribution in [3.8, 4) is 0 Å². The van der Waals surface area contributed by atoms with Gasteiger partial charge in [-0.3, -0.25) is 18.6 Å². The lowest BCUT2D eigenvalue weighted by Gasteiger charge is -2.27. The van der Waals surface area contributed by atoms with Crippen LogP contribution in [0.25, 0.3) is 0 Å². The molecule has 0 rings (SSSR count). The molecule has 0 aliphatic heterocycles. The van der Waals surface area contributed by atoms with Gasteiger partial charge in [0.05, 0.1) is 33.8 Å². The quantitative estimate of drug-likeness (QED) is 0.0205. The molecule has 462 valence electrons. The number of nitrogens with zero attached hydrogens (tertiary/aromatic N) is 1. The maximum atomic E-state index is 13.6. The molecule has 10 heteroatoms. The Bertz CT molecular complexity index is 1540. The van der Waals surface area contributed by atoms with Crippen molar-refractivity contribution in [2.45, 2.75) is 328 Å². The van der Waals surface area contributed by atoms with Crippen molar-refractivity contribution in [2.75, 3.05) is 40.9 Å². The van der Waals surface area contributed by atoms with Crippen LogP contribution in [0.2, 0.25) is 0 Å². The van der Waals surface area contributed by atoms with Crippen LogP contribution in [0.5, 0.6) is 0 Å². The van der Waals surface area contributed by atoms with Crippen LogP contribution >= 0.6 is 7.82 Å². The first-order chi connectivity index (χ1) is 38.4. The van der Waals surface area contributed by atoms with E-state index < -0.39 is 20.0 Å². The van der Waals surface area contributed by atoms with E-state index in [4.69, 9.17) is 13.8 Å². The third kappa shape index (κ3) is 60.1. The minimum atomic E-state index is -4.45. The van der Waals surface area contributed by atoms with E-state index in [1.165, 1.54) is 199 Å². The molecule has 0 aromatic heterocycles. The Balaban J connectivity index is 5.11. The molecule has 0 saturated carbocycles. The molecule has 0 aromatic carbocycles. The number of allylic oxidation sites excluding steroid dienone is 9. The molecule has 3 unspecified atom stereocenters. The SMILES string of the molecule is CCCCC/C=C\C/C=C\C/C=C\CCCCCCCCC(=O)OC(/C=C\CCCCCCCCCCC)C(COP(=O)(O)OCC[N+](C)(C)C)NC(=O)CCCCCCCCCCCCCCC/C=C/CCCCCCCC. The predicted octanol–water partition coefficient (Wildman–Crippen LogP) is 21.0. The van der Waals surface area contributed by atoms with Crippen LogP contribution in [-0.2, 0) is 27.9 Å². The lowest BCUT2D eigenvalue weighted by Crippen LogP contribution is -2.47. The van der Waals surface area contributed by atoms with E-state index in [0.29, 0.717) is 17.4 Å². The van der Waals surface area contributed by atoms with E-state index in [9.17, 15) is 19.0 Å². The first-order valence-electron chi connectivity index (χ1n) is 33.6. The summed E-state index contributed by atoms with van der Waals surface area (Å²) in [6.07, 6.45) is 75.1. The Morgan fingerprint density at radius 2 is 0.772 bits per heavy atom. The van der Waals surface area contributed by atoms with E-state index >= 15 is 0 Å². The Labute approximate surface area is 490 Å². The van der Waals surface area contributed by atoms with Gasteiger partial charge in [-0.25, -0.2) is 4.57 Å². The molecule has 9 nitrogen and oxygen atoms in total. The first-order valence-corrected chi connectivity index (χ1v) is 35.1. The Morgan fingerprint density at radius 1 is 0.443 bits per heavy atom. The van der Waals surface area contributed by atoms with Gasteiger partial charge in [0.1, 0.15) is 19.3 Å². The summed E-state index contributed by atoms with van der Waals surface area (Å²) in [5, 5.41) is 3.06. The number of hydrogen-bond donors (Lipinski definition) is 2. The van der Waals surface area contributed by atoms with Gasteiger partial charge in [-0.2, -0.15) is 0 Å². The summed E-state index contributed by atoms with van der Waals surface area (Å²) in [4.78, 5) is 37.8. The maximum Gasteiger partial charge on any atom is 0.472 e. The van der Waals surface area contributed by atoms with Crippen molar-refractivity contribution < 1.29 is 37.3 Å². The van der Waals surface area contributed by atoms with Crippen LogP contribution in [0.3, 0.4) is 0 Å². The average molecular weight is 1130 g/mol. The summed E-state index contributed by atoms with van der Waals surface area (Å²) in [7, 11) is 1.49.